The van der Waals surface area contributed by atoms with Crippen molar-refractivity contribution in [2.45, 2.75) is 105 Å². The first-order valence-corrected chi connectivity index (χ1v) is 28.1. The second-order valence-electron chi connectivity index (χ2n) is 27.0. The van der Waals surface area contributed by atoms with E-state index in [1.165, 1.54) is 140 Å². The highest BCUT2D eigenvalue weighted by Crippen LogP contribution is 2.52. The molecule has 0 amide bonds. The Morgan fingerprint density at radius 2 is 0.558 bits per heavy atom. The zero-order chi connectivity index (χ0) is 53.0. The standard InChI is InChI=1S/C70H65B3N4/c1-67(2,3)42-31-33-50-56(35-42)76-60-39-44(69(7,8)9)37-58-62(60)72(48-27-19-21-29-54(48)74(58)46-23-15-13-16-24-46)52-41-53-66-64(65(52)76)71(50)51-34-32-43(68(4,5)6)36-57(51)77(66)61-40-45(70(10,11)12)38-59-63(61)73(53)49-28-20-22-30-55(49)75(59)47-25-17-14-18-26-47/h13-41H,1-12H3. The van der Waals surface area contributed by atoms with Crippen LogP contribution >= 0.6 is 0 Å². The first-order valence-electron chi connectivity index (χ1n) is 28.1. The monoisotopic (exact) mass is 995 g/mol. The quantitative estimate of drug-likeness (QED) is 0.160. The molecule has 0 aromatic heterocycles. The summed E-state index contributed by atoms with van der Waals surface area (Å²) in [6, 6.07) is 68.9. The van der Waals surface area contributed by atoms with Crippen molar-refractivity contribution in [3.05, 3.63) is 198 Å². The Bertz CT molecular complexity index is 3770. The summed E-state index contributed by atoms with van der Waals surface area (Å²) in [6.07, 6.45) is 0. The van der Waals surface area contributed by atoms with Gasteiger partial charge in [0.25, 0.3) is 20.1 Å². The molecule has 0 saturated heterocycles. The summed E-state index contributed by atoms with van der Waals surface area (Å²) in [6.45, 7) is 28.5. The van der Waals surface area contributed by atoms with E-state index in [2.05, 4.69) is 279 Å². The van der Waals surface area contributed by atoms with Crippen LogP contribution in [0.4, 0.5) is 68.2 Å². The van der Waals surface area contributed by atoms with E-state index in [9.17, 15) is 0 Å². The number of nitrogens with zero attached hydrogens (tertiary/aromatic N) is 4. The van der Waals surface area contributed by atoms with Crippen molar-refractivity contribution in [2.75, 3.05) is 19.6 Å². The van der Waals surface area contributed by atoms with Crippen LogP contribution < -0.4 is 68.8 Å². The van der Waals surface area contributed by atoms with E-state index in [1.54, 1.807) is 0 Å². The van der Waals surface area contributed by atoms with E-state index in [0.29, 0.717) is 0 Å². The molecule has 0 unspecified atom stereocenters. The van der Waals surface area contributed by atoms with Crippen LogP contribution in [0.5, 0.6) is 0 Å². The second-order valence-corrected chi connectivity index (χ2v) is 27.0. The van der Waals surface area contributed by atoms with Crippen molar-refractivity contribution in [3.8, 4) is 0 Å². The van der Waals surface area contributed by atoms with Gasteiger partial charge in [0.2, 0.25) is 0 Å². The topological polar surface area (TPSA) is 13.0 Å². The lowest BCUT2D eigenvalue weighted by molar-refractivity contribution is 0.590. The molecule has 374 valence electrons. The normalized spacial score (nSPS) is 15.1. The third kappa shape index (κ3) is 6.43. The predicted octanol–water partition coefficient (Wildman–Crippen LogP) is 12.2. The number of rotatable bonds is 2. The predicted molar refractivity (Wildman–Crippen MR) is 334 cm³/mol. The molecule has 4 nitrogen and oxygen atoms in total. The summed E-state index contributed by atoms with van der Waals surface area (Å²) >= 11 is 0. The maximum Gasteiger partial charge on any atom is 0.252 e. The first-order chi connectivity index (χ1) is 36.8. The number of fused-ring (bicyclic) bond motifs is 14. The lowest BCUT2D eigenvalue weighted by Gasteiger charge is -2.53. The van der Waals surface area contributed by atoms with Gasteiger partial charge in [0.15, 0.2) is 0 Å². The molecular weight excluding hydrogens is 929 g/mol. The molecule has 15 rings (SSSR count). The Morgan fingerprint density at radius 3 is 0.935 bits per heavy atom. The summed E-state index contributed by atoms with van der Waals surface area (Å²) in [7, 11) is 0. The molecule has 77 heavy (non-hydrogen) atoms. The fourth-order valence-corrected chi connectivity index (χ4v) is 14.3. The Balaban J connectivity index is 1.15. The average Bonchev–Trinajstić information content (AvgIpc) is 3.56. The smallest absolute Gasteiger partial charge is 0.252 e. The van der Waals surface area contributed by atoms with Gasteiger partial charge < -0.3 is 19.6 Å². The first kappa shape index (κ1) is 46.7. The molecule has 9 aromatic carbocycles. The zero-order valence-corrected chi connectivity index (χ0v) is 46.8. The van der Waals surface area contributed by atoms with E-state index in [-0.39, 0.29) is 41.8 Å². The Kier molecular flexibility index (Phi) is 9.41. The number of hydrogen-bond acceptors (Lipinski definition) is 4. The van der Waals surface area contributed by atoms with Crippen LogP contribution in [0.15, 0.2) is 176 Å². The van der Waals surface area contributed by atoms with Crippen LogP contribution in [0.25, 0.3) is 0 Å². The second kappa shape index (κ2) is 15.5. The van der Waals surface area contributed by atoms with Crippen LogP contribution in [-0.2, 0) is 21.7 Å². The largest absolute Gasteiger partial charge is 0.312 e. The van der Waals surface area contributed by atoms with Crippen molar-refractivity contribution >= 4 is 138 Å². The highest BCUT2D eigenvalue weighted by atomic mass is 15.2. The number of anilines is 12. The summed E-state index contributed by atoms with van der Waals surface area (Å²) in [4.78, 5) is 10.7. The van der Waals surface area contributed by atoms with Crippen LogP contribution in [-0.4, -0.2) is 20.1 Å². The van der Waals surface area contributed by atoms with Crippen LogP contribution in [0.2, 0.25) is 0 Å². The SMILES string of the molecule is CC(C)(C)c1ccc2c(c1)N1c3cc(C(C)(C)C)cc4c3B(c3ccccc3N4c3ccccc3)c3cc4c5c(c31)B2c1ccc(C(C)(C)C)cc1N5c1cc(C(C)(C)C)cc2c1B4c1ccccc1N2c1ccccc1. The van der Waals surface area contributed by atoms with Crippen LogP contribution in [0.1, 0.15) is 105 Å². The maximum atomic E-state index is 2.78. The minimum absolute atomic E-state index is 0.0165. The maximum absolute atomic E-state index is 2.78. The molecule has 0 N–H and O–H groups in total. The van der Waals surface area contributed by atoms with E-state index < -0.39 is 0 Å². The van der Waals surface area contributed by atoms with Gasteiger partial charge in [-0.2, -0.15) is 0 Å². The van der Waals surface area contributed by atoms with Crippen molar-refractivity contribution in [3.63, 3.8) is 0 Å². The van der Waals surface area contributed by atoms with Gasteiger partial charge in [0, 0.05) is 68.2 Å². The highest BCUT2D eigenvalue weighted by Gasteiger charge is 2.55. The molecule has 0 spiro atoms. The fraction of sp³-hybridized carbons (Fsp3) is 0.229. The highest BCUT2D eigenvalue weighted by molar-refractivity contribution is 7.07. The third-order valence-electron chi connectivity index (χ3n) is 18.2. The zero-order valence-electron chi connectivity index (χ0n) is 46.8. The molecule has 0 saturated carbocycles. The van der Waals surface area contributed by atoms with Crippen molar-refractivity contribution in [1.29, 1.82) is 0 Å². The minimum atomic E-state index is -0.131. The van der Waals surface area contributed by atoms with Crippen molar-refractivity contribution in [2.24, 2.45) is 0 Å². The van der Waals surface area contributed by atoms with E-state index in [1.807, 2.05) is 0 Å². The molecule has 0 aliphatic carbocycles. The molecule has 6 aliphatic heterocycles. The minimum Gasteiger partial charge on any atom is -0.312 e. The molecule has 0 fully saturated rings. The number of benzene rings is 9. The Labute approximate surface area is 457 Å². The van der Waals surface area contributed by atoms with Gasteiger partial charge in [-0.3, -0.25) is 0 Å². The molecular formula is C70H65B3N4. The summed E-state index contributed by atoms with van der Waals surface area (Å²) in [5.74, 6) is 0. The van der Waals surface area contributed by atoms with Gasteiger partial charge in [-0.05, 0) is 166 Å². The number of hydrogen-bond donors (Lipinski definition) is 0. The molecule has 0 bridgehead atoms. The van der Waals surface area contributed by atoms with Gasteiger partial charge in [-0.15, -0.1) is 0 Å². The van der Waals surface area contributed by atoms with Crippen molar-refractivity contribution < 1.29 is 0 Å². The van der Waals surface area contributed by atoms with E-state index >= 15 is 0 Å². The van der Waals surface area contributed by atoms with Gasteiger partial charge in [0.1, 0.15) is 0 Å². The molecule has 9 aromatic rings. The molecule has 7 heteroatoms. The average molecular weight is 995 g/mol. The van der Waals surface area contributed by atoms with Crippen molar-refractivity contribution in [1.82, 2.24) is 0 Å². The van der Waals surface area contributed by atoms with Gasteiger partial charge in [-0.1, -0.05) is 186 Å². The lowest BCUT2D eigenvalue weighted by atomic mass is 9.25. The molecule has 6 aliphatic rings. The molecule has 0 radical (unpaired) electrons. The van der Waals surface area contributed by atoms with Gasteiger partial charge >= 0.3 is 0 Å². The van der Waals surface area contributed by atoms with E-state index in [4.69, 9.17) is 0 Å². The van der Waals surface area contributed by atoms with E-state index in [0.717, 1.165) is 0 Å². The molecule has 6 heterocycles. The fourth-order valence-electron chi connectivity index (χ4n) is 14.3. The third-order valence-corrected chi connectivity index (χ3v) is 18.2. The Hall–Kier alpha value is -7.63. The lowest BCUT2D eigenvalue weighted by Crippen LogP contribution is -2.72. The summed E-state index contributed by atoms with van der Waals surface area (Å²) < 4.78 is 0. The summed E-state index contributed by atoms with van der Waals surface area (Å²) in [5, 5.41) is 0. The van der Waals surface area contributed by atoms with Gasteiger partial charge in [0.05, 0.1) is 0 Å². The van der Waals surface area contributed by atoms with Crippen LogP contribution in [0, 0.1) is 0 Å². The Morgan fingerprint density at radius 1 is 0.247 bits per heavy atom. The van der Waals surface area contributed by atoms with Crippen LogP contribution in [0.3, 0.4) is 0 Å². The van der Waals surface area contributed by atoms with Gasteiger partial charge in [-0.25, -0.2) is 0 Å². The molecule has 0 atom stereocenters. The number of para-hydroxylation sites is 4. The summed E-state index contributed by atoms with van der Waals surface area (Å²) in [5.41, 5.74) is 32.6.